The fraction of sp³-hybridized carbons (Fsp3) is 0.538. The summed E-state index contributed by atoms with van der Waals surface area (Å²) in [6.07, 6.45) is 0.674. The minimum absolute atomic E-state index is 0.0592. The highest BCUT2D eigenvalue weighted by atomic mass is 32.2. The van der Waals surface area contributed by atoms with Gasteiger partial charge in [0.05, 0.1) is 23.5 Å². The van der Waals surface area contributed by atoms with Gasteiger partial charge in [-0.25, -0.2) is 12.7 Å². The molecule has 0 saturated carbocycles. The molecule has 0 aliphatic carbocycles. The molecular formula is C13H23N3O3S. The highest BCUT2D eigenvalue weighted by Crippen LogP contribution is 2.30. The first-order valence-electron chi connectivity index (χ1n) is 6.38. The Labute approximate surface area is 120 Å². The molecule has 1 rings (SSSR count). The van der Waals surface area contributed by atoms with Crippen molar-refractivity contribution in [3.63, 3.8) is 0 Å². The van der Waals surface area contributed by atoms with Gasteiger partial charge in [-0.15, -0.1) is 0 Å². The quantitative estimate of drug-likeness (QED) is 0.684. The van der Waals surface area contributed by atoms with Crippen LogP contribution in [0, 0.1) is 0 Å². The number of nitrogen functional groups attached to an aromatic ring is 1. The van der Waals surface area contributed by atoms with Crippen LogP contribution in [0.3, 0.4) is 0 Å². The van der Waals surface area contributed by atoms with Gasteiger partial charge in [0.15, 0.2) is 0 Å². The SMILES string of the molecule is CCC(C)(CO)Nc1cccc(S(=O)(=O)N(C)C)c1N. The molecule has 1 aromatic rings. The number of aliphatic hydroxyl groups excluding tert-OH is 1. The van der Waals surface area contributed by atoms with Gasteiger partial charge in [0, 0.05) is 14.1 Å². The third kappa shape index (κ3) is 3.23. The second kappa shape index (κ2) is 5.99. The maximum atomic E-state index is 12.2. The lowest BCUT2D eigenvalue weighted by Crippen LogP contribution is -2.38. The second-order valence-electron chi connectivity index (χ2n) is 5.20. The van der Waals surface area contributed by atoms with E-state index in [1.54, 1.807) is 12.1 Å². The molecule has 0 amide bonds. The second-order valence-corrected chi connectivity index (χ2v) is 7.32. The first-order chi connectivity index (χ1) is 9.18. The van der Waals surface area contributed by atoms with E-state index in [1.165, 1.54) is 20.2 Å². The van der Waals surface area contributed by atoms with Crippen molar-refractivity contribution in [1.82, 2.24) is 4.31 Å². The average Bonchev–Trinajstić information content (AvgIpc) is 2.40. The molecule has 7 heteroatoms. The summed E-state index contributed by atoms with van der Waals surface area (Å²) in [5, 5.41) is 12.5. The van der Waals surface area contributed by atoms with Crippen LogP contribution < -0.4 is 11.1 Å². The van der Waals surface area contributed by atoms with Gasteiger partial charge in [-0.05, 0) is 25.5 Å². The Bertz CT molecular complexity index is 566. The molecular weight excluding hydrogens is 278 g/mol. The number of anilines is 2. The van der Waals surface area contributed by atoms with E-state index >= 15 is 0 Å². The zero-order valence-corrected chi connectivity index (χ0v) is 13.2. The van der Waals surface area contributed by atoms with E-state index < -0.39 is 15.6 Å². The molecule has 1 aromatic carbocycles. The van der Waals surface area contributed by atoms with Gasteiger partial charge in [0.25, 0.3) is 0 Å². The van der Waals surface area contributed by atoms with E-state index in [0.29, 0.717) is 12.1 Å². The number of benzene rings is 1. The maximum absolute atomic E-state index is 12.2. The van der Waals surface area contributed by atoms with E-state index in [-0.39, 0.29) is 17.2 Å². The fourth-order valence-corrected chi connectivity index (χ4v) is 2.67. The van der Waals surface area contributed by atoms with Crippen molar-refractivity contribution >= 4 is 21.4 Å². The first kappa shape index (κ1) is 16.7. The number of rotatable bonds is 6. The third-order valence-electron chi connectivity index (χ3n) is 3.39. The Morgan fingerprint density at radius 2 is 2.00 bits per heavy atom. The Morgan fingerprint density at radius 3 is 2.45 bits per heavy atom. The summed E-state index contributed by atoms with van der Waals surface area (Å²) in [7, 11) is -0.679. The Kier molecular flexibility index (Phi) is 5.01. The van der Waals surface area contributed by atoms with Crippen molar-refractivity contribution in [2.24, 2.45) is 0 Å². The third-order valence-corrected chi connectivity index (χ3v) is 5.26. The summed E-state index contributed by atoms with van der Waals surface area (Å²) < 4.78 is 25.5. The standard InChI is InChI=1S/C13H23N3O3S/c1-5-13(2,9-17)15-10-7-6-8-11(12(10)14)20(18,19)16(3)4/h6-8,15,17H,5,9,14H2,1-4H3. The topological polar surface area (TPSA) is 95.7 Å². The van der Waals surface area contributed by atoms with Crippen LogP contribution in [0.5, 0.6) is 0 Å². The fourth-order valence-electron chi connectivity index (χ4n) is 1.64. The lowest BCUT2D eigenvalue weighted by molar-refractivity contribution is 0.219. The summed E-state index contributed by atoms with van der Waals surface area (Å²) in [4.78, 5) is 0.0592. The number of aliphatic hydroxyl groups is 1. The molecule has 0 aromatic heterocycles. The molecule has 20 heavy (non-hydrogen) atoms. The zero-order chi connectivity index (χ0) is 15.6. The predicted molar refractivity (Wildman–Crippen MR) is 81.1 cm³/mol. The molecule has 4 N–H and O–H groups in total. The van der Waals surface area contributed by atoms with Crippen LogP contribution in [0.1, 0.15) is 20.3 Å². The highest BCUT2D eigenvalue weighted by Gasteiger charge is 2.25. The summed E-state index contributed by atoms with van der Waals surface area (Å²) in [6, 6.07) is 4.80. The van der Waals surface area contributed by atoms with Gasteiger partial charge >= 0.3 is 0 Å². The van der Waals surface area contributed by atoms with E-state index in [9.17, 15) is 13.5 Å². The normalized spacial score (nSPS) is 15.1. The van der Waals surface area contributed by atoms with Crippen LogP contribution in [-0.2, 0) is 10.0 Å². The van der Waals surface area contributed by atoms with E-state index in [0.717, 1.165) is 4.31 Å². The van der Waals surface area contributed by atoms with Gasteiger partial charge in [0.2, 0.25) is 10.0 Å². The molecule has 1 unspecified atom stereocenters. The van der Waals surface area contributed by atoms with Crippen LogP contribution in [0.15, 0.2) is 23.1 Å². The largest absolute Gasteiger partial charge is 0.396 e. The van der Waals surface area contributed by atoms with Crippen molar-refractivity contribution in [3.05, 3.63) is 18.2 Å². The Hall–Kier alpha value is -1.31. The van der Waals surface area contributed by atoms with Crippen LogP contribution >= 0.6 is 0 Å². The van der Waals surface area contributed by atoms with Gasteiger partial charge in [-0.2, -0.15) is 0 Å². The van der Waals surface area contributed by atoms with Crippen LogP contribution in [0.4, 0.5) is 11.4 Å². The maximum Gasteiger partial charge on any atom is 0.244 e. The van der Waals surface area contributed by atoms with Gasteiger partial charge in [-0.1, -0.05) is 13.0 Å². The van der Waals surface area contributed by atoms with Crippen molar-refractivity contribution in [1.29, 1.82) is 0 Å². The van der Waals surface area contributed by atoms with Crippen LogP contribution in [-0.4, -0.2) is 44.1 Å². The Balaban J connectivity index is 3.28. The zero-order valence-electron chi connectivity index (χ0n) is 12.3. The van der Waals surface area contributed by atoms with Gasteiger partial charge in [0.1, 0.15) is 4.90 Å². The predicted octanol–water partition coefficient (Wildman–Crippen LogP) is 1.09. The number of nitrogens with two attached hydrogens (primary N) is 1. The summed E-state index contributed by atoms with van der Waals surface area (Å²) in [5.41, 5.74) is 6.09. The molecule has 0 saturated heterocycles. The number of nitrogens with one attached hydrogen (secondary N) is 1. The minimum atomic E-state index is -3.59. The van der Waals surface area contributed by atoms with Crippen molar-refractivity contribution in [2.45, 2.75) is 30.7 Å². The average molecular weight is 301 g/mol. The number of hydrogen-bond donors (Lipinski definition) is 3. The highest BCUT2D eigenvalue weighted by molar-refractivity contribution is 7.89. The van der Waals surface area contributed by atoms with E-state index in [1.807, 2.05) is 13.8 Å². The monoisotopic (exact) mass is 301 g/mol. The molecule has 0 bridgehead atoms. The lowest BCUT2D eigenvalue weighted by atomic mass is 9.99. The molecule has 0 spiro atoms. The Morgan fingerprint density at radius 1 is 1.40 bits per heavy atom. The first-order valence-corrected chi connectivity index (χ1v) is 7.82. The molecule has 1 atom stereocenters. The van der Waals surface area contributed by atoms with E-state index in [4.69, 9.17) is 5.73 Å². The minimum Gasteiger partial charge on any atom is -0.396 e. The molecule has 0 aliphatic heterocycles. The molecule has 6 nitrogen and oxygen atoms in total. The number of hydrogen-bond acceptors (Lipinski definition) is 5. The van der Waals surface area contributed by atoms with Gasteiger partial charge < -0.3 is 16.2 Å². The van der Waals surface area contributed by atoms with Crippen molar-refractivity contribution in [2.75, 3.05) is 31.8 Å². The summed E-state index contributed by atoms with van der Waals surface area (Å²) in [6.45, 7) is 3.70. The smallest absolute Gasteiger partial charge is 0.244 e. The lowest BCUT2D eigenvalue weighted by Gasteiger charge is -2.29. The summed E-state index contributed by atoms with van der Waals surface area (Å²) in [5.74, 6) is 0. The van der Waals surface area contributed by atoms with Crippen LogP contribution in [0.25, 0.3) is 0 Å². The number of sulfonamides is 1. The summed E-state index contributed by atoms with van der Waals surface area (Å²) >= 11 is 0. The van der Waals surface area contributed by atoms with Crippen molar-refractivity contribution < 1.29 is 13.5 Å². The number of nitrogens with zero attached hydrogens (tertiary/aromatic N) is 1. The molecule has 0 radical (unpaired) electrons. The molecule has 0 fully saturated rings. The molecule has 0 aliphatic rings. The van der Waals surface area contributed by atoms with Crippen molar-refractivity contribution in [3.8, 4) is 0 Å². The van der Waals surface area contributed by atoms with Gasteiger partial charge in [-0.3, -0.25) is 0 Å². The van der Waals surface area contributed by atoms with Crippen LogP contribution in [0.2, 0.25) is 0 Å². The number of para-hydroxylation sites is 1. The molecule has 114 valence electrons. The molecule has 0 heterocycles. The van der Waals surface area contributed by atoms with E-state index in [2.05, 4.69) is 5.32 Å².